The van der Waals surface area contributed by atoms with E-state index >= 15 is 0 Å². The molecule has 1 atom stereocenters. The Balaban J connectivity index is 2.07. The summed E-state index contributed by atoms with van der Waals surface area (Å²) in [5, 5.41) is 19.0. The highest BCUT2D eigenvalue weighted by Crippen LogP contribution is 2.33. The maximum absolute atomic E-state index is 9.13. The second kappa shape index (κ2) is 7.83. The molecule has 0 aliphatic carbocycles. The number of nitrogens with zero attached hydrogens (tertiary/aromatic N) is 5. The Morgan fingerprint density at radius 3 is 2.92 bits per heavy atom. The van der Waals surface area contributed by atoms with Crippen LogP contribution in [0.5, 0.6) is 0 Å². The molecular formula is C17H19IN5OP. The SMILES string of the molecule is C#Cc1nn(PI)c2ccc(-c3cnn(C)c3CN(C)CCO)cc12. The maximum atomic E-state index is 9.13. The standard InChI is InChI=1S/C17H19IN5OP/c1-4-15-13-9-12(5-6-16(13)23(20-15)25-18)14-10-19-22(3)17(14)11-21(2)7-8-24/h1,5-6,9-10,24-25H,7-8,11H2,2-3H3. The van der Waals surface area contributed by atoms with Gasteiger partial charge in [-0.25, -0.2) is 4.45 Å². The van der Waals surface area contributed by atoms with Gasteiger partial charge in [0.05, 0.1) is 30.4 Å². The van der Waals surface area contributed by atoms with Crippen LogP contribution in [0.4, 0.5) is 0 Å². The van der Waals surface area contributed by atoms with Crippen molar-refractivity contribution >= 4 is 39.3 Å². The highest BCUT2D eigenvalue weighted by atomic mass is 127. The molecule has 0 aliphatic heterocycles. The quantitative estimate of drug-likeness (QED) is 0.344. The summed E-state index contributed by atoms with van der Waals surface area (Å²) < 4.78 is 3.82. The van der Waals surface area contributed by atoms with E-state index in [1.54, 1.807) is 0 Å². The molecule has 0 fully saturated rings. The molecule has 0 radical (unpaired) electrons. The van der Waals surface area contributed by atoms with E-state index in [2.05, 4.69) is 61.3 Å². The number of fused-ring (bicyclic) bond motifs is 1. The number of rotatable bonds is 6. The van der Waals surface area contributed by atoms with Gasteiger partial charge in [0.15, 0.2) is 0 Å². The molecule has 8 heteroatoms. The summed E-state index contributed by atoms with van der Waals surface area (Å²) in [5.41, 5.74) is 4.96. The Hall–Kier alpha value is -1.46. The van der Waals surface area contributed by atoms with Crippen LogP contribution in [0.25, 0.3) is 22.0 Å². The lowest BCUT2D eigenvalue weighted by atomic mass is 10.0. The van der Waals surface area contributed by atoms with E-state index in [9.17, 15) is 0 Å². The highest BCUT2D eigenvalue weighted by molar-refractivity contribution is 14.2. The van der Waals surface area contributed by atoms with Crippen molar-refractivity contribution in [1.82, 2.24) is 24.2 Å². The first kappa shape index (κ1) is 18.3. The van der Waals surface area contributed by atoms with Gasteiger partial charge in [0.1, 0.15) is 5.69 Å². The van der Waals surface area contributed by atoms with Gasteiger partial charge in [0.2, 0.25) is 0 Å². The van der Waals surface area contributed by atoms with E-state index in [-0.39, 0.29) is 6.61 Å². The number of aliphatic hydroxyl groups excluding tert-OH is 1. The summed E-state index contributed by atoms with van der Waals surface area (Å²) in [6.07, 6.45) is 8.01. The van der Waals surface area contributed by atoms with Crippen molar-refractivity contribution in [1.29, 1.82) is 0 Å². The Morgan fingerprint density at radius 1 is 1.44 bits per heavy atom. The minimum Gasteiger partial charge on any atom is -0.395 e. The van der Waals surface area contributed by atoms with Crippen molar-refractivity contribution < 1.29 is 5.11 Å². The molecule has 3 aromatic rings. The summed E-state index contributed by atoms with van der Waals surface area (Å²) in [5.74, 6) is 2.68. The molecule has 2 heterocycles. The smallest absolute Gasteiger partial charge is 0.143 e. The number of aryl methyl sites for hydroxylation is 1. The summed E-state index contributed by atoms with van der Waals surface area (Å²) in [4.78, 5) is 2.07. The first-order valence-electron chi connectivity index (χ1n) is 7.75. The molecule has 0 saturated carbocycles. The zero-order chi connectivity index (χ0) is 18.0. The monoisotopic (exact) mass is 467 g/mol. The number of halogens is 1. The average Bonchev–Trinajstić information content (AvgIpc) is 3.15. The molecule has 1 N–H and O–H groups in total. The van der Waals surface area contributed by atoms with Gasteiger partial charge in [-0.1, -0.05) is 6.07 Å². The number of aliphatic hydroxyl groups is 1. The molecule has 1 aromatic carbocycles. The van der Waals surface area contributed by atoms with E-state index < -0.39 is 0 Å². The van der Waals surface area contributed by atoms with Crippen LogP contribution in [0.15, 0.2) is 24.4 Å². The van der Waals surface area contributed by atoms with Crippen molar-refractivity contribution in [2.75, 3.05) is 20.2 Å². The fraction of sp³-hybridized carbons (Fsp3) is 0.294. The minimum atomic E-state index is 0.136. The van der Waals surface area contributed by atoms with E-state index in [1.165, 1.54) is 0 Å². The molecule has 2 aromatic heterocycles. The second-order valence-corrected chi connectivity index (χ2v) is 7.85. The summed E-state index contributed by atoms with van der Waals surface area (Å²) in [7, 11) is 3.92. The zero-order valence-corrected chi connectivity index (χ0v) is 17.2. The number of terminal acetylenes is 1. The largest absolute Gasteiger partial charge is 0.395 e. The summed E-state index contributed by atoms with van der Waals surface area (Å²) in [6.45, 7) is 1.46. The Kier molecular flexibility index (Phi) is 5.74. The maximum Gasteiger partial charge on any atom is 0.143 e. The molecule has 1 unspecified atom stereocenters. The van der Waals surface area contributed by atoms with Crippen molar-refractivity contribution in [3.8, 4) is 23.5 Å². The van der Waals surface area contributed by atoms with Gasteiger partial charge in [-0.3, -0.25) is 9.58 Å². The van der Waals surface area contributed by atoms with E-state index in [1.807, 2.05) is 29.4 Å². The van der Waals surface area contributed by atoms with Crippen LogP contribution in [0.1, 0.15) is 11.4 Å². The van der Waals surface area contributed by atoms with Crippen LogP contribution in [-0.4, -0.2) is 49.5 Å². The predicted molar refractivity (Wildman–Crippen MR) is 111 cm³/mol. The third-order valence-electron chi connectivity index (χ3n) is 4.17. The van der Waals surface area contributed by atoms with Crippen molar-refractivity contribution in [3.63, 3.8) is 0 Å². The second-order valence-electron chi connectivity index (χ2n) is 5.81. The van der Waals surface area contributed by atoms with Crippen molar-refractivity contribution in [3.05, 3.63) is 35.8 Å². The predicted octanol–water partition coefficient (Wildman–Crippen LogP) is 2.63. The molecular weight excluding hydrogens is 448 g/mol. The lowest BCUT2D eigenvalue weighted by molar-refractivity contribution is 0.214. The minimum absolute atomic E-state index is 0.136. The summed E-state index contributed by atoms with van der Waals surface area (Å²) in [6, 6.07) is 6.25. The molecule has 0 amide bonds. The first-order chi connectivity index (χ1) is 12.1. The average molecular weight is 467 g/mol. The number of benzene rings is 1. The lowest BCUT2D eigenvalue weighted by Gasteiger charge is -2.16. The Labute approximate surface area is 161 Å². The number of aromatic nitrogens is 4. The zero-order valence-electron chi connectivity index (χ0n) is 14.1. The Morgan fingerprint density at radius 2 is 2.24 bits per heavy atom. The molecule has 3 rings (SSSR count). The van der Waals surface area contributed by atoms with Crippen LogP contribution >= 0.6 is 28.4 Å². The van der Waals surface area contributed by atoms with Crippen LogP contribution < -0.4 is 0 Å². The summed E-state index contributed by atoms with van der Waals surface area (Å²) >= 11 is 2.30. The van der Waals surface area contributed by atoms with Gasteiger partial charge < -0.3 is 5.11 Å². The van der Waals surface area contributed by atoms with Crippen LogP contribution in [0.3, 0.4) is 0 Å². The normalized spacial score (nSPS) is 11.8. The molecule has 0 spiro atoms. The third-order valence-corrected chi connectivity index (χ3v) is 6.04. The van der Waals surface area contributed by atoms with Gasteiger partial charge in [-0.15, -0.1) is 6.42 Å². The molecule has 0 aliphatic rings. The molecule has 6 nitrogen and oxygen atoms in total. The number of hydrogen-bond acceptors (Lipinski definition) is 4. The number of likely N-dealkylation sites (N-methyl/N-ethyl adjacent to an activating group) is 1. The van der Waals surface area contributed by atoms with E-state index in [0.29, 0.717) is 25.2 Å². The fourth-order valence-corrected chi connectivity index (χ4v) is 4.38. The lowest BCUT2D eigenvalue weighted by Crippen LogP contribution is -2.23. The van der Waals surface area contributed by atoms with Gasteiger partial charge >= 0.3 is 0 Å². The van der Waals surface area contributed by atoms with Gasteiger partial charge in [0.25, 0.3) is 0 Å². The third kappa shape index (κ3) is 3.58. The molecule has 25 heavy (non-hydrogen) atoms. The van der Waals surface area contributed by atoms with Gasteiger partial charge in [0, 0.05) is 31.1 Å². The van der Waals surface area contributed by atoms with Gasteiger partial charge in [-0.05, 0) is 52.7 Å². The van der Waals surface area contributed by atoms with Crippen LogP contribution in [0, 0.1) is 12.3 Å². The van der Waals surface area contributed by atoms with Crippen LogP contribution in [0.2, 0.25) is 0 Å². The van der Waals surface area contributed by atoms with Crippen molar-refractivity contribution in [2.24, 2.45) is 7.05 Å². The van der Waals surface area contributed by atoms with Gasteiger partial charge in [-0.2, -0.15) is 10.2 Å². The number of hydrogen-bond donors (Lipinski definition) is 1. The first-order valence-corrected chi connectivity index (χ1v) is 11.8. The van der Waals surface area contributed by atoms with Crippen LogP contribution in [-0.2, 0) is 13.6 Å². The van der Waals surface area contributed by atoms with E-state index in [4.69, 9.17) is 11.5 Å². The molecule has 0 bridgehead atoms. The topological polar surface area (TPSA) is 59.1 Å². The molecule has 130 valence electrons. The van der Waals surface area contributed by atoms with E-state index in [0.717, 1.165) is 27.7 Å². The fourth-order valence-electron chi connectivity index (χ4n) is 2.85. The Bertz CT molecular complexity index is 943. The van der Waals surface area contributed by atoms with Crippen molar-refractivity contribution in [2.45, 2.75) is 6.54 Å². The highest BCUT2D eigenvalue weighted by Gasteiger charge is 2.15. The molecule has 0 saturated heterocycles.